The zero-order chi connectivity index (χ0) is 15.5. The van der Waals surface area contributed by atoms with Gasteiger partial charge in [0.2, 0.25) is 0 Å². The van der Waals surface area contributed by atoms with Gasteiger partial charge in [0.15, 0.2) is 0 Å². The number of fused-ring (bicyclic) bond motifs is 1. The van der Waals surface area contributed by atoms with Gasteiger partial charge >= 0.3 is 0 Å². The Morgan fingerprint density at radius 1 is 1.41 bits per heavy atom. The lowest BCUT2D eigenvalue weighted by Gasteiger charge is -1.92. The van der Waals surface area contributed by atoms with Crippen molar-refractivity contribution in [1.29, 1.82) is 0 Å². The number of non-ortho nitro benzene ring substituents is 1. The molecule has 0 saturated carbocycles. The lowest BCUT2D eigenvalue weighted by molar-refractivity contribution is -0.384. The normalized spacial score (nSPS) is 11.5. The average Bonchev–Trinajstić information content (AvgIpc) is 3.10. The van der Waals surface area contributed by atoms with Gasteiger partial charge < -0.3 is 0 Å². The van der Waals surface area contributed by atoms with Crippen LogP contribution in [0.25, 0.3) is 22.4 Å². The molecule has 0 N–H and O–H groups in total. The molecule has 1 aromatic carbocycles. The third-order valence-electron chi connectivity index (χ3n) is 2.98. The molecule has 2 heterocycles. The van der Waals surface area contributed by atoms with Gasteiger partial charge in [0.25, 0.3) is 5.69 Å². The van der Waals surface area contributed by atoms with Crippen molar-refractivity contribution in [2.75, 3.05) is 5.88 Å². The van der Waals surface area contributed by atoms with Gasteiger partial charge in [-0.25, -0.2) is 4.98 Å². The largest absolute Gasteiger partial charge is 0.271 e. The number of aromatic nitrogens is 3. The summed E-state index contributed by atoms with van der Waals surface area (Å²) in [5, 5.41) is 15.7. The second kappa shape index (κ2) is 6.25. The Bertz CT molecular complexity index is 856. The molecule has 3 aromatic rings. The Balaban J connectivity index is 1.83. The van der Waals surface area contributed by atoms with Crippen LogP contribution in [0.1, 0.15) is 10.6 Å². The van der Waals surface area contributed by atoms with Crippen molar-refractivity contribution in [3.8, 4) is 0 Å². The summed E-state index contributed by atoms with van der Waals surface area (Å²) >= 11 is 7.15. The van der Waals surface area contributed by atoms with Gasteiger partial charge in [0, 0.05) is 29.8 Å². The summed E-state index contributed by atoms with van der Waals surface area (Å²) in [4.78, 5) is 14.7. The predicted molar refractivity (Wildman–Crippen MR) is 88.1 cm³/mol. The number of hydrogen-bond donors (Lipinski definition) is 0. The maximum Gasteiger partial charge on any atom is 0.271 e. The molecule has 8 heteroatoms. The molecule has 0 aliphatic carbocycles. The van der Waals surface area contributed by atoms with Crippen LogP contribution in [0.5, 0.6) is 0 Å². The van der Waals surface area contributed by atoms with Crippen LogP contribution in [0.15, 0.2) is 30.6 Å². The molecule has 6 nitrogen and oxygen atoms in total. The Kier molecular flexibility index (Phi) is 4.17. The van der Waals surface area contributed by atoms with Gasteiger partial charge in [-0.3, -0.25) is 14.8 Å². The quantitative estimate of drug-likeness (QED) is 0.404. The minimum Gasteiger partial charge on any atom is -0.271 e. The number of nitro benzene ring substituents is 1. The van der Waals surface area contributed by atoms with Crippen molar-refractivity contribution < 1.29 is 4.92 Å². The van der Waals surface area contributed by atoms with Crippen LogP contribution < -0.4 is 0 Å². The van der Waals surface area contributed by atoms with E-state index in [0.29, 0.717) is 17.9 Å². The van der Waals surface area contributed by atoms with E-state index in [4.69, 9.17) is 11.6 Å². The number of alkyl halides is 1. The van der Waals surface area contributed by atoms with Crippen molar-refractivity contribution in [2.24, 2.45) is 0 Å². The zero-order valence-electron chi connectivity index (χ0n) is 11.3. The molecule has 0 amide bonds. The second-order valence-electron chi connectivity index (χ2n) is 4.52. The van der Waals surface area contributed by atoms with Crippen molar-refractivity contribution in [1.82, 2.24) is 14.8 Å². The molecule has 3 rings (SSSR count). The first kappa shape index (κ1) is 14.7. The maximum atomic E-state index is 10.8. The van der Waals surface area contributed by atoms with E-state index in [9.17, 15) is 10.1 Å². The monoisotopic (exact) mass is 334 g/mol. The first-order valence-corrected chi connectivity index (χ1v) is 7.82. The number of hydrogen-bond acceptors (Lipinski definition) is 5. The highest BCUT2D eigenvalue weighted by atomic mass is 35.5. The van der Waals surface area contributed by atoms with E-state index >= 15 is 0 Å². The van der Waals surface area contributed by atoms with E-state index in [2.05, 4.69) is 10.1 Å². The summed E-state index contributed by atoms with van der Waals surface area (Å²) in [7, 11) is 0. The van der Waals surface area contributed by atoms with Crippen LogP contribution in [0.3, 0.4) is 0 Å². The highest BCUT2D eigenvalue weighted by Gasteiger charge is 2.09. The van der Waals surface area contributed by atoms with Crippen molar-refractivity contribution in [3.05, 3.63) is 51.3 Å². The second-order valence-corrected chi connectivity index (χ2v) is 5.96. The molecule has 0 fully saturated rings. The van der Waals surface area contributed by atoms with Crippen molar-refractivity contribution in [2.45, 2.75) is 6.54 Å². The number of rotatable bonds is 5. The minimum absolute atomic E-state index is 0.0516. The van der Waals surface area contributed by atoms with Gasteiger partial charge in [-0.2, -0.15) is 5.10 Å². The van der Waals surface area contributed by atoms with E-state index in [0.717, 1.165) is 15.3 Å². The van der Waals surface area contributed by atoms with Gasteiger partial charge in [0.1, 0.15) is 5.01 Å². The van der Waals surface area contributed by atoms with Crippen molar-refractivity contribution >= 4 is 51.0 Å². The standard InChI is InChI=1S/C14H11ClN4O2S/c15-5-6-18-9-10(8-16-18)1-4-14-17-12-7-11(19(20)21)2-3-13(12)22-14/h1-4,7-9H,5-6H2. The van der Waals surface area contributed by atoms with Crippen LogP contribution >= 0.6 is 22.9 Å². The highest BCUT2D eigenvalue weighted by Crippen LogP contribution is 2.26. The lowest BCUT2D eigenvalue weighted by Crippen LogP contribution is -1.98. The Labute approximate surface area is 134 Å². The van der Waals surface area contributed by atoms with E-state index in [1.54, 1.807) is 16.9 Å². The molecule has 112 valence electrons. The molecule has 0 unspecified atom stereocenters. The first-order valence-electron chi connectivity index (χ1n) is 6.47. The molecule has 0 atom stereocenters. The molecule has 0 aliphatic rings. The van der Waals surface area contributed by atoms with Crippen LogP contribution in [0, 0.1) is 10.1 Å². The molecule has 0 radical (unpaired) electrons. The number of aryl methyl sites for hydroxylation is 1. The molecular formula is C14H11ClN4O2S. The van der Waals surface area contributed by atoms with Crippen LogP contribution in [-0.2, 0) is 6.54 Å². The fourth-order valence-electron chi connectivity index (χ4n) is 1.96. The van der Waals surface area contributed by atoms with E-state index < -0.39 is 4.92 Å². The number of benzene rings is 1. The van der Waals surface area contributed by atoms with Crippen LogP contribution in [-0.4, -0.2) is 25.6 Å². The molecule has 0 aliphatic heterocycles. The summed E-state index contributed by atoms with van der Waals surface area (Å²) in [6, 6.07) is 4.70. The molecule has 0 spiro atoms. The highest BCUT2D eigenvalue weighted by molar-refractivity contribution is 7.19. The number of thiazole rings is 1. The Morgan fingerprint density at radius 3 is 3.05 bits per heavy atom. The molecule has 0 saturated heterocycles. The number of halogens is 1. The molecule has 22 heavy (non-hydrogen) atoms. The van der Waals surface area contributed by atoms with E-state index in [1.165, 1.54) is 23.5 Å². The van der Waals surface area contributed by atoms with Gasteiger partial charge in [-0.05, 0) is 18.2 Å². The smallest absolute Gasteiger partial charge is 0.271 e. The topological polar surface area (TPSA) is 73.8 Å². The zero-order valence-corrected chi connectivity index (χ0v) is 12.9. The summed E-state index contributed by atoms with van der Waals surface area (Å²) in [6.07, 6.45) is 7.43. The predicted octanol–water partition coefficient (Wildman–Crippen LogP) is 3.81. The fraction of sp³-hybridized carbons (Fsp3) is 0.143. The Hall–Kier alpha value is -2.25. The number of nitro groups is 1. The van der Waals surface area contributed by atoms with Crippen LogP contribution in [0.4, 0.5) is 5.69 Å². The number of nitrogens with zero attached hydrogens (tertiary/aromatic N) is 4. The van der Waals surface area contributed by atoms with Gasteiger partial charge in [-0.15, -0.1) is 22.9 Å². The minimum atomic E-state index is -0.417. The third kappa shape index (κ3) is 3.15. The van der Waals surface area contributed by atoms with Gasteiger partial charge in [-0.1, -0.05) is 0 Å². The van der Waals surface area contributed by atoms with Gasteiger partial charge in [0.05, 0.1) is 27.9 Å². The average molecular weight is 335 g/mol. The maximum absolute atomic E-state index is 10.8. The molecular weight excluding hydrogens is 324 g/mol. The molecule has 2 aromatic heterocycles. The summed E-state index contributed by atoms with van der Waals surface area (Å²) in [5.74, 6) is 0.515. The first-order chi connectivity index (χ1) is 10.7. The SMILES string of the molecule is O=[N+]([O-])c1ccc2sc(C=Cc3cnn(CCCl)c3)nc2c1. The lowest BCUT2D eigenvalue weighted by atomic mass is 10.3. The Morgan fingerprint density at radius 2 is 2.27 bits per heavy atom. The van der Waals surface area contributed by atoms with E-state index in [-0.39, 0.29) is 5.69 Å². The molecule has 0 bridgehead atoms. The summed E-state index contributed by atoms with van der Waals surface area (Å²) in [6.45, 7) is 0.667. The van der Waals surface area contributed by atoms with Crippen molar-refractivity contribution in [3.63, 3.8) is 0 Å². The fourth-order valence-corrected chi connectivity index (χ4v) is 2.98. The van der Waals surface area contributed by atoms with E-state index in [1.807, 2.05) is 18.3 Å². The van der Waals surface area contributed by atoms with Crippen LogP contribution in [0.2, 0.25) is 0 Å². The third-order valence-corrected chi connectivity index (χ3v) is 4.15. The summed E-state index contributed by atoms with van der Waals surface area (Å²) in [5.41, 5.74) is 1.64. The summed E-state index contributed by atoms with van der Waals surface area (Å²) < 4.78 is 2.69.